The van der Waals surface area contributed by atoms with Gasteiger partial charge in [-0.25, -0.2) is 4.57 Å². The third-order valence-electron chi connectivity index (χ3n) is 11.9. The third kappa shape index (κ3) is 51.5. The second kappa shape index (κ2) is 47.3. The van der Waals surface area contributed by atoms with Gasteiger partial charge in [0.15, 0.2) is 6.10 Å². The van der Waals surface area contributed by atoms with E-state index in [4.69, 9.17) is 18.5 Å². The van der Waals surface area contributed by atoms with Crippen molar-refractivity contribution >= 4 is 19.8 Å². The topological polar surface area (TPSA) is 108 Å². The summed E-state index contributed by atoms with van der Waals surface area (Å²) >= 11 is 0. The van der Waals surface area contributed by atoms with Crippen LogP contribution in [0.1, 0.15) is 251 Å². The number of unbranched alkanes of at least 4 members (excludes halogenated alkanes) is 30. The predicted molar refractivity (Wildman–Crippen MR) is 275 cm³/mol. The third-order valence-corrected chi connectivity index (χ3v) is 12.9. The van der Waals surface area contributed by atoms with Gasteiger partial charge in [-0.1, -0.05) is 230 Å². The van der Waals surface area contributed by atoms with Crippen LogP contribution in [0.15, 0.2) is 36.5 Å². The zero-order chi connectivity index (χ0) is 47.8. The molecule has 2 atom stereocenters. The lowest BCUT2D eigenvalue weighted by atomic mass is 10.0. The highest BCUT2D eigenvalue weighted by molar-refractivity contribution is 7.47. The van der Waals surface area contributed by atoms with E-state index in [1.54, 1.807) is 0 Å². The minimum Gasteiger partial charge on any atom is -0.462 e. The first-order chi connectivity index (χ1) is 31.5. The van der Waals surface area contributed by atoms with E-state index in [1.807, 2.05) is 21.1 Å². The maximum Gasteiger partial charge on any atom is 0.472 e. The van der Waals surface area contributed by atoms with E-state index in [0.29, 0.717) is 23.9 Å². The molecule has 0 saturated carbocycles. The number of nitrogens with zero attached hydrogens (tertiary/aromatic N) is 1. The number of carbonyl (C=O) groups is 2. The molecule has 0 fully saturated rings. The van der Waals surface area contributed by atoms with Crippen LogP contribution in [0.25, 0.3) is 0 Å². The fourth-order valence-corrected chi connectivity index (χ4v) is 8.48. The summed E-state index contributed by atoms with van der Waals surface area (Å²) in [7, 11) is 1.48. The molecule has 10 heteroatoms. The van der Waals surface area contributed by atoms with Crippen LogP contribution in [0.4, 0.5) is 0 Å². The predicted octanol–water partition coefficient (Wildman–Crippen LogP) is 16.4. The van der Waals surface area contributed by atoms with Crippen molar-refractivity contribution in [3.63, 3.8) is 0 Å². The summed E-state index contributed by atoms with van der Waals surface area (Å²) in [6.07, 6.45) is 56.4. The number of hydrogen-bond acceptors (Lipinski definition) is 7. The van der Waals surface area contributed by atoms with Gasteiger partial charge in [0.2, 0.25) is 0 Å². The van der Waals surface area contributed by atoms with Crippen LogP contribution in [0.2, 0.25) is 0 Å². The molecule has 0 heterocycles. The minimum absolute atomic E-state index is 0.0306. The lowest BCUT2D eigenvalue weighted by molar-refractivity contribution is -0.870. The molecule has 65 heavy (non-hydrogen) atoms. The van der Waals surface area contributed by atoms with E-state index in [9.17, 15) is 19.0 Å². The largest absolute Gasteiger partial charge is 0.472 e. The van der Waals surface area contributed by atoms with Crippen LogP contribution in [-0.2, 0) is 32.7 Å². The number of esters is 2. The van der Waals surface area contributed by atoms with E-state index in [2.05, 4.69) is 50.3 Å². The Bertz CT molecular complexity index is 1200. The van der Waals surface area contributed by atoms with Crippen molar-refractivity contribution in [1.82, 2.24) is 0 Å². The van der Waals surface area contributed by atoms with Gasteiger partial charge in [-0.2, -0.15) is 0 Å². The highest BCUT2D eigenvalue weighted by Gasteiger charge is 2.27. The van der Waals surface area contributed by atoms with E-state index in [0.717, 1.165) is 64.2 Å². The number of hydrogen-bond donors (Lipinski definition) is 1. The zero-order valence-corrected chi connectivity index (χ0v) is 44.1. The lowest BCUT2D eigenvalue weighted by Gasteiger charge is -2.24. The molecule has 0 aromatic heterocycles. The van der Waals surface area contributed by atoms with Crippen LogP contribution in [0.3, 0.4) is 0 Å². The summed E-state index contributed by atoms with van der Waals surface area (Å²) in [4.78, 5) is 35.6. The number of phosphoric acid groups is 1. The molecule has 382 valence electrons. The molecule has 9 nitrogen and oxygen atoms in total. The molecular formula is C55H105NO8P+. The number of rotatable bonds is 50. The second-order valence-electron chi connectivity index (χ2n) is 19.6. The van der Waals surface area contributed by atoms with Gasteiger partial charge in [0.1, 0.15) is 19.8 Å². The van der Waals surface area contributed by atoms with Crippen molar-refractivity contribution in [3.8, 4) is 0 Å². The van der Waals surface area contributed by atoms with Gasteiger partial charge in [-0.3, -0.25) is 18.6 Å². The quantitative estimate of drug-likeness (QED) is 0.0211. The number of phosphoric ester groups is 1. The Labute approximate surface area is 401 Å². The Hall–Kier alpha value is -1.77. The number of ether oxygens (including phenoxy) is 2. The van der Waals surface area contributed by atoms with Crippen LogP contribution < -0.4 is 0 Å². The molecule has 0 bridgehead atoms. The monoisotopic (exact) mass is 939 g/mol. The highest BCUT2D eigenvalue weighted by Crippen LogP contribution is 2.43. The van der Waals surface area contributed by atoms with E-state index in [1.165, 1.54) is 154 Å². The zero-order valence-electron chi connectivity index (χ0n) is 43.2. The standard InChI is InChI=1S/C55H104NO8P/c1-6-8-10-12-14-16-18-20-22-24-25-26-27-28-29-30-32-33-35-37-39-41-43-45-47-54(57)61-51-53(52-63-65(59,60)62-50-49-56(3,4)5)64-55(58)48-46-44-42-40-38-36-34-31-23-21-19-17-15-13-11-9-7-2/h9,11,15,17,21,23,53H,6-8,10,12-14,16,18-20,22,24-52H2,1-5H3/p+1/b11-9-,17-15-,23-21-. The maximum atomic E-state index is 12.8. The Kier molecular flexibility index (Phi) is 46.0. The maximum absolute atomic E-state index is 12.8. The number of carbonyl (C=O) groups excluding carboxylic acids is 2. The van der Waals surface area contributed by atoms with E-state index >= 15 is 0 Å². The summed E-state index contributed by atoms with van der Waals surface area (Å²) in [5.41, 5.74) is 0. The van der Waals surface area contributed by atoms with Crippen molar-refractivity contribution in [2.75, 3.05) is 47.5 Å². The van der Waals surface area contributed by atoms with Crippen molar-refractivity contribution in [2.45, 2.75) is 258 Å². The number of allylic oxidation sites excluding steroid dienone is 6. The molecule has 0 spiro atoms. The van der Waals surface area contributed by atoms with Crippen molar-refractivity contribution in [2.24, 2.45) is 0 Å². The van der Waals surface area contributed by atoms with E-state index in [-0.39, 0.29) is 25.6 Å². The average molecular weight is 939 g/mol. The molecular weight excluding hydrogens is 834 g/mol. The van der Waals surface area contributed by atoms with Crippen LogP contribution >= 0.6 is 7.82 Å². The van der Waals surface area contributed by atoms with Gasteiger partial charge in [-0.05, 0) is 44.9 Å². The molecule has 0 aromatic carbocycles. The molecule has 1 N–H and O–H groups in total. The van der Waals surface area contributed by atoms with Gasteiger partial charge in [0, 0.05) is 12.8 Å². The van der Waals surface area contributed by atoms with Crippen molar-refractivity contribution in [3.05, 3.63) is 36.5 Å². The van der Waals surface area contributed by atoms with Crippen LogP contribution in [0.5, 0.6) is 0 Å². The highest BCUT2D eigenvalue weighted by atomic mass is 31.2. The smallest absolute Gasteiger partial charge is 0.462 e. The first-order valence-corrected chi connectivity index (χ1v) is 28.7. The van der Waals surface area contributed by atoms with Crippen molar-refractivity contribution in [1.29, 1.82) is 0 Å². The Morgan fingerprint density at radius 2 is 0.877 bits per heavy atom. The van der Waals surface area contributed by atoms with Gasteiger partial charge >= 0.3 is 19.8 Å². The Balaban J connectivity index is 4.15. The molecule has 0 aliphatic carbocycles. The molecule has 0 radical (unpaired) electrons. The summed E-state index contributed by atoms with van der Waals surface area (Å²) < 4.78 is 34.5. The van der Waals surface area contributed by atoms with Gasteiger partial charge < -0.3 is 18.9 Å². The van der Waals surface area contributed by atoms with Crippen LogP contribution in [0, 0.1) is 0 Å². The van der Waals surface area contributed by atoms with Crippen molar-refractivity contribution < 1.29 is 42.1 Å². The van der Waals surface area contributed by atoms with Gasteiger partial charge in [0.05, 0.1) is 27.7 Å². The first-order valence-electron chi connectivity index (χ1n) is 27.2. The first kappa shape index (κ1) is 63.2. The minimum atomic E-state index is -4.38. The fourth-order valence-electron chi connectivity index (χ4n) is 7.74. The summed E-state index contributed by atoms with van der Waals surface area (Å²) in [5.74, 6) is -0.798. The molecule has 0 saturated heterocycles. The normalized spacial score (nSPS) is 13.6. The molecule has 0 aliphatic heterocycles. The van der Waals surface area contributed by atoms with Gasteiger partial charge in [-0.15, -0.1) is 0 Å². The summed E-state index contributed by atoms with van der Waals surface area (Å²) in [5, 5.41) is 0. The lowest BCUT2D eigenvalue weighted by Crippen LogP contribution is -2.37. The second-order valence-corrected chi connectivity index (χ2v) is 21.0. The van der Waals surface area contributed by atoms with E-state index < -0.39 is 26.5 Å². The summed E-state index contributed by atoms with van der Waals surface area (Å²) in [6, 6.07) is 0. The summed E-state index contributed by atoms with van der Waals surface area (Å²) in [6.45, 7) is 4.34. The number of likely N-dealkylation sites (N-methyl/N-ethyl adjacent to an activating group) is 1. The Morgan fingerprint density at radius 1 is 0.492 bits per heavy atom. The Morgan fingerprint density at radius 3 is 1.31 bits per heavy atom. The molecule has 0 aromatic rings. The fraction of sp³-hybridized carbons (Fsp3) is 0.855. The SMILES string of the molecule is CC/C=C\C/C=C\C/C=C\CCCCCCCCCC(=O)OC(COC(=O)CCCCCCCCCCCCCCCCCCCCCCCCCC)COP(=O)(O)OCC[N+](C)(C)C. The molecule has 2 unspecified atom stereocenters. The molecule has 0 rings (SSSR count). The van der Waals surface area contributed by atoms with Gasteiger partial charge in [0.25, 0.3) is 0 Å². The molecule has 0 aliphatic rings. The number of quaternary nitrogens is 1. The average Bonchev–Trinajstić information content (AvgIpc) is 3.26. The van der Waals surface area contributed by atoms with Crippen LogP contribution in [-0.4, -0.2) is 74.9 Å². The molecule has 0 amide bonds.